The minimum absolute atomic E-state index is 0.0596. The van der Waals surface area contributed by atoms with Crippen molar-refractivity contribution in [2.24, 2.45) is 0 Å². The molecule has 3 aromatic carbocycles. The highest BCUT2D eigenvalue weighted by Gasteiger charge is 2.58. The molecule has 0 spiro atoms. The molecule has 0 saturated carbocycles. The summed E-state index contributed by atoms with van der Waals surface area (Å²) >= 11 is 0. The minimum Gasteiger partial charge on any atom is -0.380 e. The fourth-order valence-corrected chi connectivity index (χ4v) is 6.45. The molecule has 3 heterocycles. The van der Waals surface area contributed by atoms with Crippen LogP contribution in [0.2, 0.25) is 0 Å². The summed E-state index contributed by atoms with van der Waals surface area (Å²) in [4.78, 5) is 13.2. The number of nitrogens with zero attached hydrogens (tertiary/aromatic N) is 2. The van der Waals surface area contributed by atoms with Crippen LogP contribution in [-0.4, -0.2) is 37.0 Å². The first-order valence-electron chi connectivity index (χ1n) is 11.9. The SMILES string of the molecule is CN1Cc2cccc(-c3ccc(NC(=O)C4=CC(c5ccc6onc(N)c6c5)(C(F)(F)F)NN4)cc3)c2S1(=O)=O. The van der Waals surface area contributed by atoms with Gasteiger partial charge in [-0.05, 0) is 47.0 Å². The van der Waals surface area contributed by atoms with Gasteiger partial charge >= 0.3 is 6.18 Å². The van der Waals surface area contributed by atoms with Crippen LogP contribution in [0.4, 0.5) is 24.7 Å². The molecule has 1 aromatic heterocycles. The van der Waals surface area contributed by atoms with Gasteiger partial charge in [-0.15, -0.1) is 0 Å². The fourth-order valence-electron chi connectivity index (χ4n) is 4.90. The Balaban J connectivity index is 1.27. The van der Waals surface area contributed by atoms with Crippen LogP contribution in [0.15, 0.2) is 81.9 Å². The van der Waals surface area contributed by atoms with E-state index in [0.29, 0.717) is 22.4 Å². The molecule has 4 aromatic rings. The van der Waals surface area contributed by atoms with Crippen molar-refractivity contribution in [1.29, 1.82) is 0 Å². The topological polar surface area (TPSA) is 143 Å². The summed E-state index contributed by atoms with van der Waals surface area (Å²) in [5.41, 5.74) is 9.29. The van der Waals surface area contributed by atoms with E-state index in [9.17, 15) is 26.4 Å². The van der Waals surface area contributed by atoms with E-state index in [2.05, 4.69) is 21.3 Å². The lowest BCUT2D eigenvalue weighted by molar-refractivity contribution is -0.184. The Hall–Kier alpha value is -4.40. The molecule has 2 aliphatic heterocycles. The number of hydrogen-bond donors (Lipinski definition) is 4. The largest absolute Gasteiger partial charge is 0.416 e. The second-order valence-corrected chi connectivity index (χ2v) is 11.5. The second-order valence-electron chi connectivity index (χ2n) is 9.48. The van der Waals surface area contributed by atoms with Crippen molar-refractivity contribution < 1.29 is 30.9 Å². The number of hydrogen-bond acceptors (Lipinski definition) is 8. The Labute approximate surface area is 225 Å². The molecule has 6 rings (SSSR count). The molecule has 10 nitrogen and oxygen atoms in total. The van der Waals surface area contributed by atoms with Gasteiger partial charge in [0, 0.05) is 24.8 Å². The van der Waals surface area contributed by atoms with Crippen molar-refractivity contribution in [2.45, 2.75) is 23.2 Å². The van der Waals surface area contributed by atoms with Crippen LogP contribution >= 0.6 is 0 Å². The van der Waals surface area contributed by atoms with Crippen molar-refractivity contribution in [3.05, 3.63) is 83.6 Å². The number of sulfonamides is 1. The molecule has 0 aliphatic carbocycles. The number of alkyl halides is 3. The van der Waals surface area contributed by atoms with Gasteiger partial charge in [-0.25, -0.2) is 13.8 Å². The Morgan fingerprint density at radius 2 is 1.90 bits per heavy atom. The predicted molar refractivity (Wildman–Crippen MR) is 140 cm³/mol. The van der Waals surface area contributed by atoms with Crippen molar-refractivity contribution in [3.8, 4) is 11.1 Å². The van der Waals surface area contributed by atoms with Gasteiger partial charge in [-0.3, -0.25) is 4.79 Å². The Morgan fingerprint density at radius 3 is 2.62 bits per heavy atom. The predicted octanol–water partition coefficient (Wildman–Crippen LogP) is 3.60. The van der Waals surface area contributed by atoms with Gasteiger partial charge in [0.15, 0.2) is 16.9 Å². The van der Waals surface area contributed by atoms with E-state index >= 15 is 0 Å². The summed E-state index contributed by atoms with van der Waals surface area (Å²) in [6.45, 7) is 0.273. The number of nitrogen functional groups attached to an aromatic ring is 1. The van der Waals surface area contributed by atoms with Gasteiger partial charge in [0.25, 0.3) is 5.91 Å². The number of carbonyl (C=O) groups excluding carboxylic acids is 1. The number of hydrazine groups is 1. The van der Waals surface area contributed by atoms with Gasteiger partial charge in [0.1, 0.15) is 5.70 Å². The smallest absolute Gasteiger partial charge is 0.380 e. The van der Waals surface area contributed by atoms with E-state index < -0.39 is 27.6 Å². The molecule has 14 heteroatoms. The van der Waals surface area contributed by atoms with Crippen LogP contribution in [0.3, 0.4) is 0 Å². The van der Waals surface area contributed by atoms with Crippen LogP contribution in [0, 0.1) is 0 Å². The number of anilines is 2. The fraction of sp³-hybridized carbons (Fsp3) is 0.154. The zero-order valence-electron chi connectivity index (χ0n) is 20.7. The van der Waals surface area contributed by atoms with E-state index in [1.165, 1.54) is 29.6 Å². The average molecular weight is 571 g/mol. The van der Waals surface area contributed by atoms with Crippen molar-refractivity contribution in [2.75, 3.05) is 18.1 Å². The first-order valence-corrected chi connectivity index (χ1v) is 13.3. The first kappa shape index (κ1) is 25.9. The van der Waals surface area contributed by atoms with Crippen LogP contribution in [0.25, 0.3) is 22.1 Å². The van der Waals surface area contributed by atoms with E-state index in [1.54, 1.807) is 42.5 Å². The number of amides is 1. The highest BCUT2D eigenvalue weighted by molar-refractivity contribution is 7.89. The number of aromatic nitrogens is 1. The highest BCUT2D eigenvalue weighted by Crippen LogP contribution is 2.44. The first-order chi connectivity index (χ1) is 18.9. The summed E-state index contributed by atoms with van der Waals surface area (Å²) in [7, 11) is -2.12. The van der Waals surface area contributed by atoms with Gasteiger partial charge in [0.2, 0.25) is 10.0 Å². The molecule has 2 aliphatic rings. The maximum absolute atomic E-state index is 14.4. The number of halogens is 3. The number of nitrogens with two attached hydrogens (primary N) is 1. The molecule has 1 amide bonds. The van der Waals surface area contributed by atoms with E-state index in [4.69, 9.17) is 10.3 Å². The van der Waals surface area contributed by atoms with Gasteiger partial charge in [-0.1, -0.05) is 41.6 Å². The van der Waals surface area contributed by atoms with E-state index in [0.717, 1.165) is 6.08 Å². The highest BCUT2D eigenvalue weighted by atomic mass is 32.2. The minimum atomic E-state index is -4.84. The molecule has 0 radical (unpaired) electrons. The van der Waals surface area contributed by atoms with Crippen LogP contribution in [0.1, 0.15) is 11.1 Å². The maximum Gasteiger partial charge on any atom is 0.416 e. The zero-order valence-corrected chi connectivity index (χ0v) is 21.5. The lowest BCUT2D eigenvalue weighted by atomic mass is 9.89. The zero-order chi connectivity index (χ0) is 28.4. The molecule has 206 valence electrons. The van der Waals surface area contributed by atoms with Crippen LogP contribution < -0.4 is 21.9 Å². The van der Waals surface area contributed by atoms with Crippen LogP contribution in [-0.2, 0) is 26.9 Å². The molecular weight excluding hydrogens is 549 g/mol. The molecule has 0 bridgehead atoms. The summed E-state index contributed by atoms with van der Waals surface area (Å²) in [6, 6.07) is 15.3. The van der Waals surface area contributed by atoms with Gasteiger partial charge < -0.3 is 21.0 Å². The Morgan fingerprint density at radius 1 is 1.15 bits per heavy atom. The maximum atomic E-state index is 14.4. The molecule has 1 unspecified atom stereocenters. The number of fused-ring (bicyclic) bond motifs is 2. The summed E-state index contributed by atoms with van der Waals surface area (Å²) in [5, 5.41) is 6.34. The molecule has 0 saturated heterocycles. The summed E-state index contributed by atoms with van der Waals surface area (Å²) < 4.78 is 75.0. The summed E-state index contributed by atoms with van der Waals surface area (Å²) in [6.07, 6.45) is -4.08. The van der Waals surface area contributed by atoms with Gasteiger partial charge in [-0.2, -0.15) is 17.5 Å². The van der Waals surface area contributed by atoms with Crippen molar-refractivity contribution in [3.63, 3.8) is 0 Å². The third kappa shape index (κ3) is 3.91. The molecule has 1 atom stereocenters. The normalized spacial score (nSPS) is 20.2. The third-order valence-electron chi connectivity index (χ3n) is 7.01. The monoisotopic (exact) mass is 570 g/mol. The lowest BCUT2D eigenvalue weighted by Gasteiger charge is -2.30. The quantitative estimate of drug-likeness (QED) is 0.292. The Bertz CT molecular complexity index is 1820. The van der Waals surface area contributed by atoms with E-state index in [1.807, 2.05) is 0 Å². The molecule has 0 fully saturated rings. The second kappa shape index (κ2) is 8.81. The number of nitrogens with one attached hydrogen (secondary N) is 3. The number of benzene rings is 3. The standard InChI is InChI=1S/C26H21F3N6O4S/c1-35-13-15-3-2-4-18(22(15)40(35,37)38)14-5-8-17(9-6-14)31-24(36)20-12-25(34-32-20,26(27,28)29)16-7-10-21-19(11-16)23(30)33-39-21/h2-12,32,34H,13H2,1H3,(H2,30,33)(H,31,36). The van der Waals surface area contributed by atoms with Crippen molar-refractivity contribution >= 4 is 38.4 Å². The molecular formula is C26H21F3N6O4S. The average Bonchev–Trinajstić information content (AvgIpc) is 3.59. The number of rotatable bonds is 4. The molecule has 5 N–H and O–H groups in total. The lowest BCUT2D eigenvalue weighted by Crippen LogP contribution is -2.53. The number of carbonyl (C=O) groups is 1. The van der Waals surface area contributed by atoms with Crippen molar-refractivity contribution in [1.82, 2.24) is 20.3 Å². The van der Waals surface area contributed by atoms with Crippen LogP contribution in [0.5, 0.6) is 0 Å². The third-order valence-corrected chi connectivity index (χ3v) is 8.96. The Kier molecular flexibility index (Phi) is 5.69. The van der Waals surface area contributed by atoms with E-state index in [-0.39, 0.29) is 39.5 Å². The molecule has 40 heavy (non-hydrogen) atoms. The summed E-state index contributed by atoms with van der Waals surface area (Å²) in [5.74, 6) is -0.877. The van der Waals surface area contributed by atoms with Gasteiger partial charge in [0.05, 0.1) is 10.3 Å².